The number of nitrogens with zero attached hydrogens (tertiary/aromatic N) is 3. The number of benzene rings is 3. The molecule has 3 aromatic carbocycles. The highest BCUT2D eigenvalue weighted by atomic mass is 19.1. The zero-order chi connectivity index (χ0) is 33.4. The number of fused-ring (bicyclic) bond motifs is 2. The fourth-order valence-electron chi connectivity index (χ4n) is 6.47. The van der Waals surface area contributed by atoms with Gasteiger partial charge in [0, 0.05) is 54.3 Å². The van der Waals surface area contributed by atoms with Crippen LogP contribution in [0.2, 0.25) is 0 Å². The second kappa shape index (κ2) is 12.8. The number of pyridine rings is 2. The fourth-order valence-corrected chi connectivity index (χ4v) is 6.47. The molecule has 2 N–H and O–H groups in total. The van der Waals surface area contributed by atoms with Crippen molar-refractivity contribution in [3.05, 3.63) is 99.7 Å². The van der Waals surface area contributed by atoms with Gasteiger partial charge in [-0.1, -0.05) is 30.3 Å². The maximum absolute atomic E-state index is 15.4. The number of ether oxygens (including phenoxy) is 2. The Hall–Kier alpha value is -5.29. The van der Waals surface area contributed by atoms with Crippen molar-refractivity contribution in [1.29, 1.82) is 0 Å². The summed E-state index contributed by atoms with van der Waals surface area (Å²) in [7, 11) is 3.20. The van der Waals surface area contributed by atoms with Gasteiger partial charge in [-0.05, 0) is 55.3 Å². The molecule has 1 fully saturated rings. The number of aryl methyl sites for hydroxylation is 2. The average molecular weight is 639 g/mol. The van der Waals surface area contributed by atoms with E-state index in [1.54, 1.807) is 55.1 Å². The fraction of sp³-hybridized carbons (Fsp3) is 0.278. The molecule has 1 amide bonds. The van der Waals surface area contributed by atoms with Gasteiger partial charge in [0.15, 0.2) is 0 Å². The number of morpholine rings is 1. The van der Waals surface area contributed by atoms with Crippen molar-refractivity contribution in [1.82, 2.24) is 14.9 Å². The molecule has 47 heavy (non-hydrogen) atoms. The van der Waals surface area contributed by atoms with E-state index >= 15 is 4.39 Å². The van der Waals surface area contributed by atoms with Crippen molar-refractivity contribution in [2.45, 2.75) is 32.4 Å². The second-order valence-electron chi connectivity index (χ2n) is 11.8. The number of para-hydroxylation sites is 1. The summed E-state index contributed by atoms with van der Waals surface area (Å²) in [5.74, 6) is -2.42. The number of halogens is 1. The lowest BCUT2D eigenvalue weighted by Gasteiger charge is -2.35. The lowest BCUT2D eigenvalue weighted by Crippen LogP contribution is -2.44. The SMILES string of the molecule is COc1c(-c2ccc(C[C@H](NC(=O)c3c(C)cc(N4CCOC[C@H]4C)cc3F)C(=O)O)c3cccnc23)c(=O)n(C)c2ccccc12. The van der Waals surface area contributed by atoms with Crippen LogP contribution in [0.1, 0.15) is 28.4 Å². The van der Waals surface area contributed by atoms with Crippen molar-refractivity contribution in [3.8, 4) is 16.9 Å². The number of carbonyl (C=O) groups excluding carboxylic acids is 1. The molecule has 2 aromatic heterocycles. The summed E-state index contributed by atoms with van der Waals surface area (Å²) < 4.78 is 28.3. The lowest BCUT2D eigenvalue weighted by atomic mass is 9.94. The molecule has 2 atom stereocenters. The van der Waals surface area contributed by atoms with E-state index < -0.39 is 23.7 Å². The highest BCUT2D eigenvalue weighted by molar-refractivity contribution is 6.02. The number of carboxylic acids is 1. The first-order valence-electron chi connectivity index (χ1n) is 15.3. The average Bonchev–Trinajstić information content (AvgIpc) is 3.06. The summed E-state index contributed by atoms with van der Waals surface area (Å²) >= 11 is 0. The molecule has 3 heterocycles. The van der Waals surface area contributed by atoms with Crippen LogP contribution in [0.25, 0.3) is 32.9 Å². The lowest BCUT2D eigenvalue weighted by molar-refractivity contribution is -0.139. The van der Waals surface area contributed by atoms with Crippen LogP contribution in [0.3, 0.4) is 0 Å². The van der Waals surface area contributed by atoms with Gasteiger partial charge in [-0.2, -0.15) is 0 Å². The number of aromatic nitrogens is 2. The van der Waals surface area contributed by atoms with Crippen LogP contribution in [-0.4, -0.2) is 65.5 Å². The Morgan fingerprint density at radius 2 is 1.91 bits per heavy atom. The van der Waals surface area contributed by atoms with Crippen LogP contribution in [0, 0.1) is 12.7 Å². The van der Waals surface area contributed by atoms with Crippen LogP contribution in [0.4, 0.5) is 10.1 Å². The molecule has 0 spiro atoms. The van der Waals surface area contributed by atoms with Crippen LogP contribution in [0.5, 0.6) is 5.75 Å². The van der Waals surface area contributed by atoms with Crippen molar-refractivity contribution in [2.24, 2.45) is 7.05 Å². The molecule has 0 bridgehead atoms. The number of methoxy groups -OCH3 is 1. The van der Waals surface area contributed by atoms with E-state index in [0.717, 1.165) is 5.39 Å². The molecule has 242 valence electrons. The van der Waals surface area contributed by atoms with E-state index in [9.17, 15) is 19.5 Å². The second-order valence-corrected chi connectivity index (χ2v) is 11.8. The van der Waals surface area contributed by atoms with Gasteiger partial charge in [-0.3, -0.25) is 14.6 Å². The standard InChI is InChI=1S/C36H35FN4O6/c1-20-16-23(41-14-15-47-19-21(41)2)18-27(37)30(20)34(42)39-28(36(44)45)17-22-11-12-26(32-24(22)9-7-13-38-32)31-33(46-4)25-8-5-6-10-29(25)40(3)35(31)43/h5-13,16,18,21,28H,14-15,17,19H2,1-4H3,(H,39,42)(H,44,45)/t21-,28+/m1/s1. The number of nitrogens with one attached hydrogen (secondary N) is 1. The van der Waals surface area contributed by atoms with Gasteiger partial charge in [0.1, 0.15) is 17.6 Å². The third-order valence-corrected chi connectivity index (χ3v) is 8.81. The van der Waals surface area contributed by atoms with Crippen molar-refractivity contribution in [3.63, 3.8) is 0 Å². The minimum Gasteiger partial charge on any atom is -0.495 e. The minimum absolute atomic E-state index is 0.0413. The molecule has 1 saturated heterocycles. The Balaban J connectivity index is 1.34. The normalized spacial score (nSPS) is 15.5. The number of rotatable bonds is 8. The van der Waals surface area contributed by atoms with Gasteiger partial charge < -0.3 is 29.4 Å². The van der Waals surface area contributed by atoms with Crippen molar-refractivity contribution < 1.29 is 28.6 Å². The monoisotopic (exact) mass is 638 g/mol. The van der Waals surface area contributed by atoms with Crippen LogP contribution in [0.15, 0.2) is 71.7 Å². The maximum Gasteiger partial charge on any atom is 0.326 e. The van der Waals surface area contributed by atoms with E-state index in [1.807, 2.05) is 36.1 Å². The largest absolute Gasteiger partial charge is 0.495 e. The van der Waals surface area contributed by atoms with E-state index in [2.05, 4.69) is 10.3 Å². The highest BCUT2D eigenvalue weighted by Gasteiger charge is 2.28. The number of hydrogen-bond acceptors (Lipinski definition) is 7. The van der Waals surface area contributed by atoms with Crippen molar-refractivity contribution >= 4 is 39.4 Å². The Kier molecular flexibility index (Phi) is 8.65. The number of hydrogen-bond donors (Lipinski definition) is 2. The summed E-state index contributed by atoms with van der Waals surface area (Å²) in [4.78, 5) is 46.1. The molecule has 0 aliphatic carbocycles. The quantitative estimate of drug-likeness (QED) is 0.247. The smallest absolute Gasteiger partial charge is 0.326 e. The summed E-state index contributed by atoms with van der Waals surface area (Å²) in [5.41, 5.74) is 3.16. The molecule has 1 aliphatic heterocycles. The van der Waals surface area contributed by atoms with Gasteiger partial charge >= 0.3 is 5.97 Å². The molecule has 1 aliphatic rings. The maximum atomic E-state index is 15.4. The van der Waals surface area contributed by atoms with E-state index in [0.29, 0.717) is 69.9 Å². The summed E-state index contributed by atoms with van der Waals surface area (Å²) in [6.07, 6.45) is 1.48. The number of amides is 1. The minimum atomic E-state index is -1.38. The predicted octanol–water partition coefficient (Wildman–Crippen LogP) is 4.86. The molecular formula is C36H35FN4O6. The van der Waals surface area contributed by atoms with Crippen molar-refractivity contribution in [2.75, 3.05) is 31.8 Å². The van der Waals surface area contributed by atoms with Gasteiger partial charge in [-0.25, -0.2) is 9.18 Å². The number of anilines is 1. The topological polar surface area (TPSA) is 123 Å². The molecule has 11 heteroatoms. The zero-order valence-corrected chi connectivity index (χ0v) is 26.5. The van der Waals surface area contributed by atoms with E-state index in [4.69, 9.17) is 9.47 Å². The molecule has 10 nitrogen and oxygen atoms in total. The van der Waals surface area contributed by atoms with Crippen LogP contribution < -0.4 is 20.5 Å². The first-order chi connectivity index (χ1) is 22.6. The molecule has 5 aromatic rings. The number of carboxylic acid groups (broad SMARTS) is 1. The Morgan fingerprint density at radius 3 is 2.64 bits per heavy atom. The highest BCUT2D eigenvalue weighted by Crippen LogP contribution is 2.37. The molecule has 0 radical (unpaired) electrons. The number of aliphatic carboxylic acids is 1. The first kappa shape index (κ1) is 31.7. The zero-order valence-electron chi connectivity index (χ0n) is 26.5. The van der Waals surface area contributed by atoms with E-state index in [-0.39, 0.29) is 23.6 Å². The van der Waals surface area contributed by atoms with Gasteiger partial charge in [0.2, 0.25) is 0 Å². The summed E-state index contributed by atoms with van der Waals surface area (Å²) in [6, 6.07) is 16.1. The Labute approximate surface area is 270 Å². The van der Waals surface area contributed by atoms with Crippen LogP contribution in [-0.2, 0) is 23.0 Å². The van der Waals surface area contributed by atoms with E-state index in [1.165, 1.54) is 13.2 Å². The third-order valence-electron chi connectivity index (χ3n) is 8.81. The summed E-state index contributed by atoms with van der Waals surface area (Å²) in [5, 5.41) is 14.0. The molecular weight excluding hydrogens is 603 g/mol. The Bertz CT molecular complexity index is 2070. The summed E-state index contributed by atoms with van der Waals surface area (Å²) in [6.45, 7) is 5.24. The molecule has 6 rings (SSSR count). The predicted molar refractivity (Wildman–Crippen MR) is 178 cm³/mol. The third kappa shape index (κ3) is 5.78. The van der Waals surface area contributed by atoms with Gasteiger partial charge in [0.25, 0.3) is 11.5 Å². The van der Waals surface area contributed by atoms with Crippen LogP contribution >= 0.6 is 0 Å². The van der Waals surface area contributed by atoms with Gasteiger partial charge in [-0.15, -0.1) is 0 Å². The Morgan fingerprint density at radius 1 is 1.15 bits per heavy atom. The number of carbonyl (C=O) groups is 2. The van der Waals surface area contributed by atoms with Gasteiger partial charge in [0.05, 0.1) is 42.5 Å². The molecule has 0 unspecified atom stereocenters. The first-order valence-corrected chi connectivity index (χ1v) is 15.3. The molecule has 0 saturated carbocycles.